The summed E-state index contributed by atoms with van der Waals surface area (Å²) >= 11 is -2.20. The number of hydrogen-bond acceptors (Lipinski definition) is 2. The Morgan fingerprint density at radius 1 is 0.800 bits per heavy atom. The van der Waals surface area contributed by atoms with E-state index in [9.17, 15) is 0 Å². The average molecular weight is 393 g/mol. The summed E-state index contributed by atoms with van der Waals surface area (Å²) in [4.78, 5) is 0. The molecule has 0 saturated heterocycles. The van der Waals surface area contributed by atoms with E-state index in [-0.39, 0.29) is 0 Å². The van der Waals surface area contributed by atoms with Crippen LogP contribution in [-0.2, 0) is 9.47 Å². The minimum atomic E-state index is -2.20. The first-order valence-electron chi connectivity index (χ1n) is 8.81. The number of methoxy groups -OCH3 is 1. The van der Waals surface area contributed by atoms with Crippen LogP contribution in [0.25, 0.3) is 0 Å². The standard InChI is InChI=1S/C5H11O2.3C4H9.Sn/c1-3-4-7-5-6-2;3*1-3-4-2;/h4H,3,5H2,1-2H3;3*1,3-4H2,2H3;. The zero-order valence-corrected chi connectivity index (χ0v) is 17.5. The molecule has 0 fully saturated rings. The van der Waals surface area contributed by atoms with E-state index in [2.05, 4.69) is 27.7 Å². The van der Waals surface area contributed by atoms with Gasteiger partial charge >= 0.3 is 132 Å². The van der Waals surface area contributed by atoms with E-state index >= 15 is 0 Å². The van der Waals surface area contributed by atoms with Crippen LogP contribution in [0.5, 0.6) is 0 Å². The monoisotopic (exact) mass is 394 g/mol. The molecule has 0 rings (SSSR count). The van der Waals surface area contributed by atoms with Gasteiger partial charge in [-0.2, -0.15) is 0 Å². The van der Waals surface area contributed by atoms with Crippen molar-refractivity contribution < 1.29 is 9.47 Å². The molecule has 2 nitrogen and oxygen atoms in total. The molecule has 122 valence electrons. The number of ether oxygens (including phenoxy) is 2. The summed E-state index contributed by atoms with van der Waals surface area (Å²) in [6.07, 6.45) is 9.42. The molecule has 0 aromatic heterocycles. The van der Waals surface area contributed by atoms with Crippen LogP contribution < -0.4 is 0 Å². The SMILES string of the molecule is CCC[CH2][Sn]([CH2]CCC)([CH2]CCC)[C@@H](CC)OCOC. The van der Waals surface area contributed by atoms with E-state index in [4.69, 9.17) is 9.47 Å². The third-order valence-corrected chi connectivity index (χ3v) is 21.6. The van der Waals surface area contributed by atoms with Crippen molar-refractivity contribution in [1.29, 1.82) is 0 Å². The van der Waals surface area contributed by atoms with E-state index in [1.54, 1.807) is 7.11 Å². The van der Waals surface area contributed by atoms with Crippen molar-refractivity contribution in [2.75, 3.05) is 13.9 Å². The topological polar surface area (TPSA) is 18.5 Å². The third-order valence-electron chi connectivity index (χ3n) is 4.53. The van der Waals surface area contributed by atoms with Crippen molar-refractivity contribution in [3.63, 3.8) is 0 Å². The van der Waals surface area contributed by atoms with Crippen molar-refractivity contribution in [2.45, 2.75) is 90.1 Å². The van der Waals surface area contributed by atoms with Gasteiger partial charge in [0.15, 0.2) is 0 Å². The predicted octanol–water partition coefficient (Wildman–Crippen LogP) is 5.77. The molecule has 0 amide bonds. The third kappa shape index (κ3) is 7.65. The van der Waals surface area contributed by atoms with Crippen molar-refractivity contribution in [3.8, 4) is 0 Å². The van der Waals surface area contributed by atoms with Crippen LogP contribution in [0.15, 0.2) is 0 Å². The van der Waals surface area contributed by atoms with E-state index in [0.29, 0.717) is 10.9 Å². The summed E-state index contributed by atoms with van der Waals surface area (Å²) in [6, 6.07) is 0. The second-order valence-corrected chi connectivity index (χ2v) is 20.0. The van der Waals surface area contributed by atoms with Crippen LogP contribution in [0.1, 0.15) is 72.6 Å². The van der Waals surface area contributed by atoms with Gasteiger partial charge in [0.1, 0.15) is 0 Å². The summed E-state index contributed by atoms with van der Waals surface area (Å²) in [5, 5.41) is 0. The van der Waals surface area contributed by atoms with Crippen molar-refractivity contribution >= 4 is 18.4 Å². The van der Waals surface area contributed by atoms with Gasteiger partial charge in [0, 0.05) is 0 Å². The molecule has 0 heterocycles. The normalized spacial score (nSPS) is 13.7. The molecule has 20 heavy (non-hydrogen) atoms. The zero-order chi connectivity index (χ0) is 15.3. The molecule has 0 N–H and O–H groups in total. The number of hydrogen-bond donors (Lipinski definition) is 0. The maximum atomic E-state index is 6.17. The van der Waals surface area contributed by atoms with E-state index < -0.39 is 18.4 Å². The van der Waals surface area contributed by atoms with Gasteiger partial charge in [-0.15, -0.1) is 0 Å². The minimum absolute atomic E-state index is 0.488. The second kappa shape index (κ2) is 13.4. The Bertz CT molecular complexity index is 187. The van der Waals surface area contributed by atoms with Crippen molar-refractivity contribution in [3.05, 3.63) is 0 Å². The van der Waals surface area contributed by atoms with Gasteiger partial charge in [-0.1, -0.05) is 0 Å². The molecule has 3 heteroatoms. The summed E-state index contributed by atoms with van der Waals surface area (Å²) in [5.74, 6) is 0. The van der Waals surface area contributed by atoms with Crippen LogP contribution in [0.4, 0.5) is 0 Å². The van der Waals surface area contributed by atoms with Crippen LogP contribution in [-0.4, -0.2) is 36.4 Å². The Balaban J connectivity index is 4.95. The molecule has 0 spiro atoms. The Morgan fingerprint density at radius 3 is 1.55 bits per heavy atom. The molecule has 0 unspecified atom stereocenters. The van der Waals surface area contributed by atoms with E-state index in [0.717, 1.165) is 0 Å². The Labute approximate surface area is 131 Å². The first kappa shape index (κ1) is 20.7. The fraction of sp³-hybridized carbons (Fsp3) is 1.00. The second-order valence-electron chi connectivity index (χ2n) is 6.14. The molecule has 0 aromatic carbocycles. The van der Waals surface area contributed by atoms with Gasteiger partial charge in [-0.25, -0.2) is 0 Å². The molecule has 0 saturated carbocycles. The van der Waals surface area contributed by atoms with Crippen LogP contribution in [0.3, 0.4) is 0 Å². The Morgan fingerprint density at radius 2 is 1.25 bits per heavy atom. The van der Waals surface area contributed by atoms with E-state index in [1.807, 2.05) is 0 Å². The van der Waals surface area contributed by atoms with Crippen LogP contribution in [0, 0.1) is 0 Å². The van der Waals surface area contributed by atoms with Crippen molar-refractivity contribution in [1.82, 2.24) is 0 Å². The molecule has 0 aliphatic carbocycles. The zero-order valence-electron chi connectivity index (χ0n) is 14.7. The summed E-state index contributed by atoms with van der Waals surface area (Å²) in [6.45, 7) is 9.78. The van der Waals surface area contributed by atoms with E-state index in [1.165, 1.54) is 58.3 Å². The molecule has 0 aliphatic rings. The molecular formula is C17H38O2Sn. The summed E-state index contributed by atoms with van der Waals surface area (Å²) < 4.78 is 16.5. The summed E-state index contributed by atoms with van der Waals surface area (Å²) in [7, 11) is 1.74. The van der Waals surface area contributed by atoms with Crippen molar-refractivity contribution in [2.24, 2.45) is 0 Å². The first-order chi connectivity index (χ1) is 9.70. The van der Waals surface area contributed by atoms with Gasteiger partial charge in [0.25, 0.3) is 0 Å². The van der Waals surface area contributed by atoms with Gasteiger partial charge in [-0.05, 0) is 0 Å². The Kier molecular flexibility index (Phi) is 13.9. The van der Waals surface area contributed by atoms with Crippen LogP contribution >= 0.6 is 0 Å². The molecule has 0 radical (unpaired) electrons. The van der Waals surface area contributed by atoms with Gasteiger partial charge in [0.2, 0.25) is 0 Å². The molecule has 1 atom stereocenters. The number of rotatable bonds is 14. The van der Waals surface area contributed by atoms with Gasteiger partial charge in [-0.3, -0.25) is 0 Å². The first-order valence-corrected chi connectivity index (χ1v) is 16.5. The van der Waals surface area contributed by atoms with Gasteiger partial charge in [0.05, 0.1) is 0 Å². The van der Waals surface area contributed by atoms with Gasteiger partial charge < -0.3 is 0 Å². The quantitative estimate of drug-likeness (QED) is 0.275. The molecular weight excluding hydrogens is 355 g/mol. The summed E-state index contributed by atoms with van der Waals surface area (Å²) in [5.41, 5.74) is 0. The predicted molar refractivity (Wildman–Crippen MR) is 91.9 cm³/mol. The maximum absolute atomic E-state index is 6.17. The molecule has 0 aliphatic heterocycles. The molecule has 0 bridgehead atoms. The Hall–Kier alpha value is 0.719. The fourth-order valence-corrected chi connectivity index (χ4v) is 21.0. The molecule has 0 aromatic rings. The average Bonchev–Trinajstić information content (AvgIpc) is 2.48. The number of unbranched alkanes of at least 4 members (excludes halogenated alkanes) is 3. The van der Waals surface area contributed by atoms with Crippen LogP contribution in [0.2, 0.25) is 13.3 Å². The fourth-order valence-electron chi connectivity index (χ4n) is 3.32.